The summed E-state index contributed by atoms with van der Waals surface area (Å²) in [4.78, 5) is 14.2. The Morgan fingerprint density at radius 2 is 1.81 bits per heavy atom. The number of carbonyl (C=O) groups is 1. The number of carbonyl (C=O) groups excluding carboxylic acids is 1. The van der Waals surface area contributed by atoms with Crippen LogP contribution in [-0.4, -0.2) is 35.9 Å². The Kier molecular flexibility index (Phi) is 6.67. The molecule has 1 heterocycles. The van der Waals surface area contributed by atoms with E-state index in [-0.39, 0.29) is 23.9 Å². The van der Waals surface area contributed by atoms with E-state index in [9.17, 15) is 13.2 Å². The molecule has 0 fully saturated rings. The van der Waals surface area contributed by atoms with E-state index in [4.69, 9.17) is 0 Å². The van der Waals surface area contributed by atoms with Gasteiger partial charge in [-0.15, -0.1) is 11.7 Å². The van der Waals surface area contributed by atoms with Crippen molar-refractivity contribution >= 4 is 21.6 Å². The normalized spacial score (nSPS) is 11.3. The van der Waals surface area contributed by atoms with Gasteiger partial charge in [0.15, 0.2) is 5.69 Å². The summed E-state index contributed by atoms with van der Waals surface area (Å²) in [6.45, 7) is 9.37. The van der Waals surface area contributed by atoms with Gasteiger partial charge in [-0.3, -0.25) is 4.79 Å². The maximum Gasteiger partial charge on any atom is 0.278 e. The van der Waals surface area contributed by atoms with Gasteiger partial charge in [0.2, 0.25) is 10.0 Å². The fourth-order valence-corrected chi connectivity index (χ4v) is 4.16. The van der Waals surface area contributed by atoms with Crippen molar-refractivity contribution in [3.63, 3.8) is 0 Å². The first-order chi connectivity index (χ1) is 14.7. The van der Waals surface area contributed by atoms with Crippen LogP contribution in [0.2, 0.25) is 0 Å². The predicted octanol–water partition coefficient (Wildman–Crippen LogP) is 3.05. The molecule has 3 aromatic rings. The van der Waals surface area contributed by atoms with Crippen molar-refractivity contribution in [3.8, 4) is 5.69 Å². The third-order valence-corrected chi connectivity index (χ3v) is 5.90. The van der Waals surface area contributed by atoms with Gasteiger partial charge in [-0.05, 0) is 50.1 Å². The molecule has 0 aliphatic rings. The summed E-state index contributed by atoms with van der Waals surface area (Å²) in [5.74, 6) is -0.542. The van der Waals surface area contributed by atoms with Crippen LogP contribution in [0.1, 0.15) is 32.9 Å². The first kappa shape index (κ1) is 22.4. The van der Waals surface area contributed by atoms with Crippen LogP contribution in [0.3, 0.4) is 0 Å². The number of sulfonamides is 1. The first-order valence-electron chi connectivity index (χ1n) is 9.68. The molecule has 162 valence electrons. The second-order valence-electron chi connectivity index (χ2n) is 7.26. The second kappa shape index (κ2) is 9.23. The van der Waals surface area contributed by atoms with Crippen LogP contribution in [-0.2, 0) is 15.8 Å². The molecule has 1 aromatic heterocycles. The van der Waals surface area contributed by atoms with Crippen LogP contribution < -0.4 is 10.0 Å². The topological polar surface area (TPSA) is 106 Å². The molecule has 0 bridgehead atoms. The summed E-state index contributed by atoms with van der Waals surface area (Å²) >= 11 is 0. The number of nitrogens with one attached hydrogen (secondary N) is 2. The van der Waals surface area contributed by atoms with Crippen LogP contribution in [0.4, 0.5) is 5.69 Å². The molecule has 0 aliphatic heterocycles. The summed E-state index contributed by atoms with van der Waals surface area (Å²) in [7, 11) is -3.44. The van der Waals surface area contributed by atoms with Gasteiger partial charge in [-0.1, -0.05) is 35.9 Å². The van der Waals surface area contributed by atoms with Crippen LogP contribution >= 0.6 is 0 Å². The van der Waals surface area contributed by atoms with Crippen LogP contribution in [0.5, 0.6) is 0 Å². The van der Waals surface area contributed by atoms with Gasteiger partial charge in [-0.2, -0.15) is 9.90 Å². The zero-order chi connectivity index (χ0) is 22.6. The van der Waals surface area contributed by atoms with E-state index in [2.05, 4.69) is 26.8 Å². The SMILES string of the molecule is C=CCNS(=O)(=O)Cc1ccc(NC(=O)c2nn(-c3ccc(C)cc3C)nc2C)cc1. The zero-order valence-corrected chi connectivity index (χ0v) is 18.5. The molecular weight excluding hydrogens is 414 g/mol. The molecule has 0 aliphatic carbocycles. The minimum absolute atomic E-state index is 0.154. The summed E-state index contributed by atoms with van der Waals surface area (Å²) < 4.78 is 26.3. The van der Waals surface area contributed by atoms with Crippen molar-refractivity contribution in [2.24, 2.45) is 0 Å². The molecule has 1 amide bonds. The molecule has 2 N–H and O–H groups in total. The summed E-state index contributed by atoms with van der Waals surface area (Å²) in [6.07, 6.45) is 1.48. The van der Waals surface area contributed by atoms with Gasteiger partial charge in [0.25, 0.3) is 5.91 Å². The van der Waals surface area contributed by atoms with Crippen molar-refractivity contribution in [1.82, 2.24) is 19.7 Å². The lowest BCUT2D eigenvalue weighted by Crippen LogP contribution is -2.25. The number of aromatic nitrogens is 3. The number of aryl methyl sites for hydroxylation is 3. The number of hydrogen-bond acceptors (Lipinski definition) is 5. The molecule has 2 aromatic carbocycles. The highest BCUT2D eigenvalue weighted by atomic mass is 32.2. The summed E-state index contributed by atoms with van der Waals surface area (Å²) in [5.41, 5.74) is 4.82. The highest BCUT2D eigenvalue weighted by Gasteiger charge is 2.18. The Labute approximate surface area is 182 Å². The van der Waals surface area contributed by atoms with Gasteiger partial charge in [0.05, 0.1) is 17.1 Å². The predicted molar refractivity (Wildman–Crippen MR) is 121 cm³/mol. The van der Waals surface area contributed by atoms with E-state index >= 15 is 0 Å². The summed E-state index contributed by atoms with van der Waals surface area (Å²) in [6, 6.07) is 12.5. The van der Waals surface area contributed by atoms with E-state index in [0.717, 1.165) is 16.8 Å². The quantitative estimate of drug-likeness (QED) is 0.525. The van der Waals surface area contributed by atoms with Crippen molar-refractivity contribution in [3.05, 3.63) is 83.2 Å². The van der Waals surface area contributed by atoms with E-state index in [1.165, 1.54) is 10.9 Å². The molecule has 0 spiro atoms. The largest absolute Gasteiger partial charge is 0.321 e. The fraction of sp³-hybridized carbons (Fsp3) is 0.227. The lowest BCUT2D eigenvalue weighted by atomic mass is 10.1. The molecule has 0 radical (unpaired) electrons. The van der Waals surface area contributed by atoms with Gasteiger partial charge in [0.1, 0.15) is 0 Å². The van der Waals surface area contributed by atoms with Crippen LogP contribution in [0, 0.1) is 20.8 Å². The van der Waals surface area contributed by atoms with Gasteiger partial charge in [-0.25, -0.2) is 13.1 Å². The van der Waals surface area contributed by atoms with E-state index < -0.39 is 10.0 Å². The smallest absolute Gasteiger partial charge is 0.278 e. The average Bonchev–Trinajstić information content (AvgIpc) is 3.09. The number of rotatable bonds is 8. The van der Waals surface area contributed by atoms with Gasteiger partial charge >= 0.3 is 0 Å². The summed E-state index contributed by atoms with van der Waals surface area (Å²) in [5, 5.41) is 11.5. The first-order valence-corrected chi connectivity index (χ1v) is 11.3. The molecule has 0 unspecified atom stereocenters. The number of amides is 1. The Hall–Kier alpha value is -3.30. The monoisotopic (exact) mass is 439 g/mol. The van der Waals surface area contributed by atoms with Gasteiger partial charge in [0, 0.05) is 12.2 Å². The Morgan fingerprint density at radius 1 is 1.10 bits per heavy atom. The van der Waals surface area contributed by atoms with Crippen LogP contribution in [0.15, 0.2) is 55.1 Å². The molecule has 8 nitrogen and oxygen atoms in total. The maximum atomic E-state index is 12.7. The Morgan fingerprint density at radius 3 is 2.45 bits per heavy atom. The molecule has 3 rings (SSSR count). The minimum Gasteiger partial charge on any atom is -0.321 e. The third-order valence-electron chi connectivity index (χ3n) is 4.58. The fourth-order valence-electron chi connectivity index (χ4n) is 3.06. The van der Waals surface area contributed by atoms with E-state index in [1.807, 2.05) is 32.0 Å². The molecule has 0 atom stereocenters. The third kappa shape index (κ3) is 5.65. The molecule has 0 saturated heterocycles. The van der Waals surface area contributed by atoms with Crippen LogP contribution in [0.25, 0.3) is 5.69 Å². The minimum atomic E-state index is -3.44. The zero-order valence-electron chi connectivity index (χ0n) is 17.7. The highest BCUT2D eigenvalue weighted by Crippen LogP contribution is 2.17. The average molecular weight is 440 g/mol. The van der Waals surface area contributed by atoms with E-state index in [1.54, 1.807) is 31.2 Å². The van der Waals surface area contributed by atoms with Crippen molar-refractivity contribution in [2.45, 2.75) is 26.5 Å². The van der Waals surface area contributed by atoms with Gasteiger partial charge < -0.3 is 5.32 Å². The highest BCUT2D eigenvalue weighted by molar-refractivity contribution is 7.88. The molecule has 31 heavy (non-hydrogen) atoms. The maximum absolute atomic E-state index is 12.7. The van der Waals surface area contributed by atoms with Crippen molar-refractivity contribution in [1.29, 1.82) is 0 Å². The molecular formula is C22H25N5O3S. The Bertz CT molecular complexity index is 1210. The van der Waals surface area contributed by atoms with Crippen molar-refractivity contribution < 1.29 is 13.2 Å². The number of anilines is 1. The number of nitrogens with zero attached hydrogens (tertiary/aromatic N) is 3. The van der Waals surface area contributed by atoms with Crippen molar-refractivity contribution in [2.75, 3.05) is 11.9 Å². The molecule has 9 heteroatoms. The second-order valence-corrected chi connectivity index (χ2v) is 9.07. The Balaban J connectivity index is 1.72. The number of benzene rings is 2. The lowest BCUT2D eigenvalue weighted by Gasteiger charge is -2.07. The lowest BCUT2D eigenvalue weighted by molar-refractivity contribution is 0.102. The van der Waals surface area contributed by atoms with E-state index in [0.29, 0.717) is 16.9 Å². The number of hydrogen-bond donors (Lipinski definition) is 2. The standard InChI is InChI=1S/C22H25N5O3S/c1-5-12-23-31(29,30)14-18-7-9-19(10-8-18)24-22(28)21-17(4)25-27(26-21)20-11-6-15(2)13-16(20)3/h5-11,13,23H,1,12,14H2,2-4H3,(H,24,28). The molecule has 0 saturated carbocycles.